The van der Waals surface area contributed by atoms with Gasteiger partial charge in [0.05, 0.1) is 27.0 Å². The molecule has 0 saturated heterocycles. The SMILES string of the molecule is CC1(CS(=O)(=O)O)C(/C=C/C=C2/N(CCCS(=O)(=O)O)c3ccc4c(S(=O)(=O)O)cc(S(=O)(=O)O)cc4c3C2(C)CCCCCC(=O)O)=[N+](CCCS(=O)(=O)O)c2ccc3ccc(S(=O)(=O)O)cc3c21. The molecule has 4 aromatic carbocycles. The zero-order valence-corrected chi connectivity index (χ0v) is 42.1. The second-order valence-electron chi connectivity index (χ2n) is 17.5. The van der Waals surface area contributed by atoms with E-state index in [0.717, 1.165) is 18.2 Å². The van der Waals surface area contributed by atoms with Crippen molar-refractivity contribution in [2.45, 2.75) is 84.3 Å². The first-order chi connectivity index (χ1) is 32.1. The van der Waals surface area contributed by atoms with Gasteiger partial charge >= 0.3 is 5.97 Å². The Labute approximate surface area is 404 Å². The Balaban J connectivity index is 1.67. The molecule has 0 amide bonds. The molecule has 22 nitrogen and oxygen atoms in total. The van der Waals surface area contributed by atoms with Gasteiger partial charge in [-0.3, -0.25) is 32.1 Å². The van der Waals surface area contributed by atoms with Crippen LogP contribution in [0.3, 0.4) is 0 Å². The molecular weight excluding hydrogens is 1040 g/mol. The molecular formula is C42H49N2O20S6+. The van der Waals surface area contributed by atoms with Crippen LogP contribution in [0.25, 0.3) is 21.5 Å². The first-order valence-electron chi connectivity index (χ1n) is 21.0. The van der Waals surface area contributed by atoms with Gasteiger partial charge in [0, 0.05) is 59.3 Å². The summed E-state index contributed by atoms with van der Waals surface area (Å²) in [5, 5.41) is 9.52. The molecule has 2 unspecified atom stereocenters. The molecule has 7 N–H and O–H groups in total. The number of carboxylic acid groups (broad SMARTS) is 1. The number of hydrogen-bond acceptors (Lipinski definition) is 14. The summed E-state index contributed by atoms with van der Waals surface area (Å²) >= 11 is 0. The smallest absolute Gasteiger partial charge is 0.303 e. The molecule has 2 heterocycles. The van der Waals surface area contributed by atoms with E-state index in [-0.39, 0.29) is 96.0 Å². The van der Waals surface area contributed by atoms with Crippen molar-refractivity contribution in [1.82, 2.24) is 0 Å². The van der Waals surface area contributed by atoms with Crippen LogP contribution in [0, 0.1) is 0 Å². The summed E-state index contributed by atoms with van der Waals surface area (Å²) in [6.45, 7) is 2.66. The molecule has 0 radical (unpaired) electrons. The zero-order chi connectivity index (χ0) is 52.2. The van der Waals surface area contributed by atoms with Crippen LogP contribution >= 0.6 is 0 Å². The van der Waals surface area contributed by atoms with Gasteiger partial charge < -0.3 is 10.0 Å². The third-order valence-corrected chi connectivity index (χ3v) is 17.5. The standard InChI is InChI=1S/C42H48N2O20S6/c1-41(18-5-3-4-11-38(45)46)36(43(19-7-21-65(47,48)49)34-17-15-30-32(40(34)41)24-29(69(59,60)61)25-35(30)70(62,63)64)9-6-10-37-42(2,26-67(53,54)55)39-31-23-28(68(56,57)58)14-12-27(31)13-16-33(39)44(37)20-8-22-66(50,51)52/h6,9-10,12-17,23-25H,3-5,7-8,11,18-22,26H2,1-2H3,(H6-,45,46,47,48,49,50,51,52,53,54,55,56,57,58,59,60,61,62,63,64)/p+1. The minimum Gasteiger partial charge on any atom is -0.481 e. The number of fused-ring (bicyclic) bond motifs is 6. The number of nitrogens with zero attached hydrogens (tertiary/aromatic N) is 2. The normalized spacial score (nSPS) is 19.8. The summed E-state index contributed by atoms with van der Waals surface area (Å²) in [5.41, 5.74) is -2.02. The fourth-order valence-electron chi connectivity index (χ4n) is 9.66. The molecule has 0 aliphatic carbocycles. The number of benzene rings is 4. The van der Waals surface area contributed by atoms with Crippen molar-refractivity contribution >= 4 is 105 Å². The maximum Gasteiger partial charge on any atom is 0.303 e. The van der Waals surface area contributed by atoms with Crippen LogP contribution in [0.4, 0.5) is 11.4 Å². The summed E-state index contributed by atoms with van der Waals surface area (Å²) in [6.07, 6.45) is 4.51. The van der Waals surface area contributed by atoms with Crippen molar-refractivity contribution < 1.29 is 92.3 Å². The minimum absolute atomic E-state index is 0.0712. The molecule has 0 fully saturated rings. The van der Waals surface area contributed by atoms with E-state index in [1.54, 1.807) is 24.0 Å². The first kappa shape index (κ1) is 54.6. The Morgan fingerprint density at radius 2 is 1.24 bits per heavy atom. The molecule has 2 atom stereocenters. The molecule has 0 aromatic heterocycles. The Bertz CT molecular complexity index is 3630. The molecule has 0 bridgehead atoms. The Hall–Kier alpha value is -4.72. The van der Waals surface area contributed by atoms with Crippen LogP contribution in [-0.2, 0) is 76.3 Å². The number of rotatable bonds is 21. The van der Waals surface area contributed by atoms with Crippen LogP contribution in [-0.4, -0.2) is 130 Å². The topological polar surface area (TPSA) is 370 Å². The molecule has 382 valence electrons. The minimum atomic E-state index is -5.19. The number of carbonyl (C=O) groups is 1. The van der Waals surface area contributed by atoms with Crippen LogP contribution in [0.15, 0.2) is 93.2 Å². The largest absolute Gasteiger partial charge is 0.481 e. The molecule has 6 rings (SSSR count). The number of aliphatic carboxylic acids is 1. The number of allylic oxidation sites excluding steroid dienone is 4. The molecule has 2 aliphatic heterocycles. The average molecular weight is 1090 g/mol. The third-order valence-electron chi connectivity index (χ3n) is 12.4. The van der Waals surface area contributed by atoms with Gasteiger partial charge in [-0.15, -0.1) is 0 Å². The first-order valence-corrected chi connectivity index (χ1v) is 30.2. The molecule has 28 heteroatoms. The van der Waals surface area contributed by atoms with Crippen molar-refractivity contribution in [3.8, 4) is 0 Å². The highest BCUT2D eigenvalue weighted by atomic mass is 32.2. The number of anilines is 1. The second kappa shape index (κ2) is 19.4. The van der Waals surface area contributed by atoms with Gasteiger partial charge in [-0.1, -0.05) is 31.1 Å². The lowest BCUT2D eigenvalue weighted by molar-refractivity contribution is -0.437. The third kappa shape index (κ3) is 12.0. The monoisotopic (exact) mass is 1090 g/mol. The van der Waals surface area contributed by atoms with Crippen molar-refractivity contribution in [2.75, 3.05) is 35.2 Å². The van der Waals surface area contributed by atoms with E-state index in [2.05, 4.69) is 0 Å². The Morgan fingerprint density at radius 3 is 1.83 bits per heavy atom. The van der Waals surface area contributed by atoms with E-state index < -0.39 is 109 Å². The molecule has 2 aliphatic rings. The summed E-state index contributed by atoms with van der Waals surface area (Å²) in [7, 11) is -29.2. The van der Waals surface area contributed by atoms with Gasteiger partial charge in [0.1, 0.15) is 16.9 Å². The Morgan fingerprint density at radius 1 is 0.629 bits per heavy atom. The van der Waals surface area contributed by atoms with E-state index in [9.17, 15) is 87.7 Å². The lowest BCUT2D eigenvalue weighted by atomic mass is 9.75. The maximum absolute atomic E-state index is 13.0. The van der Waals surface area contributed by atoms with Gasteiger partial charge in [-0.25, -0.2) is 0 Å². The van der Waals surface area contributed by atoms with Gasteiger partial charge in [0.25, 0.3) is 60.7 Å². The van der Waals surface area contributed by atoms with E-state index in [1.165, 1.54) is 47.9 Å². The van der Waals surface area contributed by atoms with E-state index in [4.69, 9.17) is 0 Å². The molecule has 0 saturated carbocycles. The van der Waals surface area contributed by atoms with Crippen LogP contribution in [0.1, 0.15) is 69.9 Å². The number of carboxylic acids is 1. The fourth-order valence-corrected chi connectivity index (χ4v) is 13.5. The lowest BCUT2D eigenvalue weighted by Gasteiger charge is -2.31. The van der Waals surface area contributed by atoms with E-state index >= 15 is 0 Å². The average Bonchev–Trinajstić information content (AvgIpc) is 3.57. The summed E-state index contributed by atoms with van der Waals surface area (Å²) in [5.74, 6) is -3.63. The lowest BCUT2D eigenvalue weighted by Crippen LogP contribution is -2.38. The quantitative estimate of drug-likeness (QED) is 0.0335. The van der Waals surface area contributed by atoms with Crippen molar-refractivity contribution in [3.63, 3.8) is 0 Å². The predicted molar refractivity (Wildman–Crippen MR) is 256 cm³/mol. The van der Waals surface area contributed by atoms with E-state index in [1.807, 2.05) is 0 Å². The highest BCUT2D eigenvalue weighted by Gasteiger charge is 2.52. The summed E-state index contributed by atoms with van der Waals surface area (Å²) < 4.78 is 211. The van der Waals surface area contributed by atoms with Crippen LogP contribution in [0.2, 0.25) is 0 Å². The molecule has 0 spiro atoms. The highest BCUT2D eigenvalue weighted by molar-refractivity contribution is 7.87. The maximum atomic E-state index is 13.0. The van der Waals surface area contributed by atoms with Gasteiger partial charge in [-0.2, -0.15) is 55.1 Å². The molecule has 70 heavy (non-hydrogen) atoms. The predicted octanol–water partition coefficient (Wildman–Crippen LogP) is 4.79. The van der Waals surface area contributed by atoms with Crippen LogP contribution < -0.4 is 4.90 Å². The zero-order valence-electron chi connectivity index (χ0n) is 37.2. The van der Waals surface area contributed by atoms with Crippen molar-refractivity contribution in [1.29, 1.82) is 0 Å². The fraction of sp³-hybridized carbons (Fsp3) is 0.381. The van der Waals surface area contributed by atoms with Gasteiger partial charge in [0.15, 0.2) is 5.71 Å². The van der Waals surface area contributed by atoms with Crippen molar-refractivity contribution in [3.05, 3.63) is 89.6 Å². The molecule has 4 aromatic rings. The van der Waals surface area contributed by atoms with Gasteiger partial charge in [-0.05, 0) is 97.3 Å². The highest BCUT2D eigenvalue weighted by Crippen LogP contribution is 2.54. The summed E-state index contributed by atoms with van der Waals surface area (Å²) in [6, 6.07) is 10.9. The van der Waals surface area contributed by atoms with Gasteiger partial charge in [0.2, 0.25) is 5.69 Å². The number of unbranched alkanes of at least 4 members (excludes halogenated alkanes) is 2. The van der Waals surface area contributed by atoms with E-state index in [0.29, 0.717) is 23.6 Å². The second-order valence-corrected chi connectivity index (χ2v) is 26.3. The Kier molecular flexibility index (Phi) is 15.1. The number of hydrogen-bond donors (Lipinski definition) is 7. The van der Waals surface area contributed by atoms with Crippen molar-refractivity contribution in [2.24, 2.45) is 0 Å². The summed E-state index contributed by atoms with van der Waals surface area (Å²) in [4.78, 5) is 10.6. The van der Waals surface area contributed by atoms with Crippen LogP contribution in [0.5, 0.6) is 0 Å².